The van der Waals surface area contributed by atoms with E-state index in [1.807, 2.05) is 0 Å². The van der Waals surface area contributed by atoms with Crippen molar-refractivity contribution in [2.45, 2.75) is 12.4 Å². The van der Waals surface area contributed by atoms with Gasteiger partial charge in [0, 0.05) is 0 Å². The Labute approximate surface area is 126 Å². The lowest BCUT2D eigenvalue weighted by atomic mass is 10.0. The Morgan fingerprint density at radius 1 is 0.773 bits per heavy atom. The van der Waals surface area contributed by atoms with Gasteiger partial charge >= 0.3 is 12.4 Å². The van der Waals surface area contributed by atoms with Gasteiger partial charge in [0.25, 0.3) is 0 Å². The van der Waals surface area contributed by atoms with Gasteiger partial charge in [-0.1, -0.05) is 23.7 Å². The van der Waals surface area contributed by atoms with Crippen molar-refractivity contribution >= 4 is 17.3 Å². The summed E-state index contributed by atoms with van der Waals surface area (Å²) in [5.74, 6) is 0. The van der Waals surface area contributed by atoms with E-state index in [4.69, 9.17) is 17.3 Å². The zero-order valence-corrected chi connectivity index (χ0v) is 11.4. The van der Waals surface area contributed by atoms with Gasteiger partial charge in [0.05, 0.1) is 21.8 Å². The van der Waals surface area contributed by atoms with E-state index >= 15 is 0 Å². The molecular weight excluding hydrogens is 332 g/mol. The van der Waals surface area contributed by atoms with Crippen LogP contribution in [-0.4, -0.2) is 0 Å². The highest BCUT2D eigenvalue weighted by molar-refractivity contribution is 6.33. The Morgan fingerprint density at radius 3 is 1.77 bits per heavy atom. The molecule has 0 atom stereocenters. The molecule has 0 aliphatic rings. The summed E-state index contributed by atoms with van der Waals surface area (Å²) >= 11 is 5.67. The molecule has 0 saturated carbocycles. The van der Waals surface area contributed by atoms with Crippen LogP contribution in [-0.2, 0) is 12.4 Å². The number of anilines is 1. The number of hydrogen-bond acceptors (Lipinski definition) is 1. The number of alkyl halides is 6. The van der Waals surface area contributed by atoms with E-state index < -0.39 is 29.2 Å². The number of benzene rings is 2. The molecule has 0 radical (unpaired) electrons. The van der Waals surface area contributed by atoms with Gasteiger partial charge in [0.2, 0.25) is 0 Å². The van der Waals surface area contributed by atoms with Crippen LogP contribution in [0.3, 0.4) is 0 Å². The molecule has 0 fully saturated rings. The van der Waals surface area contributed by atoms with Gasteiger partial charge < -0.3 is 5.73 Å². The minimum atomic E-state index is -4.71. The fourth-order valence-electron chi connectivity index (χ4n) is 1.87. The second-order valence-corrected chi connectivity index (χ2v) is 4.90. The molecule has 2 aromatic rings. The summed E-state index contributed by atoms with van der Waals surface area (Å²) in [5, 5.41) is -0.315. The van der Waals surface area contributed by atoms with Crippen LogP contribution in [0.5, 0.6) is 0 Å². The van der Waals surface area contributed by atoms with Gasteiger partial charge in [0.1, 0.15) is 0 Å². The average Bonchev–Trinajstić information content (AvgIpc) is 2.39. The smallest absolute Gasteiger partial charge is 0.397 e. The second kappa shape index (κ2) is 5.39. The molecule has 2 rings (SSSR count). The first-order valence-electron chi connectivity index (χ1n) is 5.84. The summed E-state index contributed by atoms with van der Waals surface area (Å²) in [4.78, 5) is 0. The van der Waals surface area contributed by atoms with E-state index in [1.165, 1.54) is 6.07 Å². The van der Waals surface area contributed by atoms with Crippen molar-refractivity contribution in [2.75, 3.05) is 5.73 Å². The Balaban J connectivity index is 2.52. The molecule has 0 spiro atoms. The largest absolute Gasteiger partial charge is 0.418 e. The van der Waals surface area contributed by atoms with Crippen molar-refractivity contribution in [3.63, 3.8) is 0 Å². The molecule has 0 unspecified atom stereocenters. The lowest BCUT2D eigenvalue weighted by molar-refractivity contribution is -0.138. The molecule has 0 saturated heterocycles. The summed E-state index contributed by atoms with van der Waals surface area (Å²) in [6.07, 6.45) is -9.23. The van der Waals surface area contributed by atoms with Crippen LogP contribution in [0, 0.1) is 0 Å². The Kier molecular flexibility index (Phi) is 4.04. The second-order valence-electron chi connectivity index (χ2n) is 4.49. The zero-order chi connectivity index (χ0) is 16.7. The lowest BCUT2D eigenvalue weighted by Gasteiger charge is -2.14. The third kappa shape index (κ3) is 3.30. The van der Waals surface area contributed by atoms with Gasteiger partial charge in [-0.2, -0.15) is 26.3 Å². The minimum Gasteiger partial charge on any atom is -0.397 e. The first kappa shape index (κ1) is 16.5. The predicted octanol–water partition coefficient (Wildman–Crippen LogP) is 5.63. The summed E-state index contributed by atoms with van der Waals surface area (Å²) in [7, 11) is 0. The normalized spacial score (nSPS) is 12.5. The summed E-state index contributed by atoms with van der Waals surface area (Å²) in [6.45, 7) is 0. The first-order chi connectivity index (χ1) is 10.00. The molecule has 2 aromatic carbocycles. The maximum Gasteiger partial charge on any atom is 0.418 e. The molecule has 1 nitrogen and oxygen atoms in total. The van der Waals surface area contributed by atoms with Crippen LogP contribution in [0.1, 0.15) is 11.1 Å². The van der Waals surface area contributed by atoms with Crippen LogP contribution >= 0.6 is 11.6 Å². The monoisotopic (exact) mass is 339 g/mol. The fourth-order valence-corrected chi connectivity index (χ4v) is 2.09. The topological polar surface area (TPSA) is 26.0 Å². The molecule has 118 valence electrons. The van der Waals surface area contributed by atoms with Crippen molar-refractivity contribution in [1.82, 2.24) is 0 Å². The van der Waals surface area contributed by atoms with E-state index in [0.717, 1.165) is 30.3 Å². The van der Waals surface area contributed by atoms with Crippen molar-refractivity contribution in [3.8, 4) is 11.1 Å². The Bertz CT molecular complexity index is 688. The molecule has 22 heavy (non-hydrogen) atoms. The number of rotatable bonds is 1. The first-order valence-corrected chi connectivity index (χ1v) is 6.22. The van der Waals surface area contributed by atoms with Gasteiger partial charge in [-0.15, -0.1) is 0 Å². The SMILES string of the molecule is Nc1c(Cl)cc(-c2ccc(C(F)(F)F)cc2)cc1C(F)(F)F. The van der Waals surface area contributed by atoms with Gasteiger partial charge in [0.15, 0.2) is 0 Å². The van der Waals surface area contributed by atoms with Gasteiger partial charge in [-0.25, -0.2) is 0 Å². The Hall–Kier alpha value is -1.89. The van der Waals surface area contributed by atoms with Crippen LogP contribution in [0.2, 0.25) is 5.02 Å². The summed E-state index contributed by atoms with van der Waals surface area (Å²) in [6, 6.07) is 5.65. The van der Waals surface area contributed by atoms with Gasteiger partial charge in [-0.05, 0) is 35.4 Å². The van der Waals surface area contributed by atoms with E-state index in [1.54, 1.807) is 0 Å². The van der Waals surface area contributed by atoms with Crippen molar-refractivity contribution < 1.29 is 26.3 Å². The van der Waals surface area contributed by atoms with Crippen molar-refractivity contribution in [3.05, 3.63) is 52.5 Å². The maximum absolute atomic E-state index is 12.9. The van der Waals surface area contributed by atoms with Crippen molar-refractivity contribution in [2.24, 2.45) is 0 Å². The Morgan fingerprint density at radius 2 is 1.32 bits per heavy atom. The molecule has 8 heteroatoms. The third-order valence-corrected chi connectivity index (χ3v) is 3.29. The molecule has 0 aliphatic carbocycles. The molecule has 0 bridgehead atoms. The third-order valence-electron chi connectivity index (χ3n) is 2.98. The molecule has 0 aromatic heterocycles. The van der Waals surface area contributed by atoms with E-state index in [0.29, 0.717) is 0 Å². The van der Waals surface area contributed by atoms with Crippen LogP contribution in [0.15, 0.2) is 36.4 Å². The van der Waals surface area contributed by atoms with Crippen LogP contribution in [0.4, 0.5) is 32.0 Å². The molecule has 0 heterocycles. The summed E-state index contributed by atoms with van der Waals surface area (Å²) in [5.41, 5.74) is 2.85. The maximum atomic E-state index is 12.9. The molecular formula is C14H8ClF6N. The standard InChI is InChI=1S/C14H8ClF6N/c15-11-6-8(5-10(12(11)22)14(19,20)21)7-1-3-9(4-2-7)13(16,17)18/h1-6H,22H2. The fraction of sp³-hybridized carbons (Fsp3) is 0.143. The summed E-state index contributed by atoms with van der Waals surface area (Å²) < 4.78 is 76.0. The van der Waals surface area contributed by atoms with Crippen molar-refractivity contribution in [1.29, 1.82) is 0 Å². The number of nitrogens with two attached hydrogens (primary N) is 1. The number of halogens is 7. The predicted molar refractivity (Wildman–Crippen MR) is 71.3 cm³/mol. The molecule has 0 amide bonds. The van der Waals surface area contributed by atoms with E-state index in [-0.39, 0.29) is 16.1 Å². The highest BCUT2D eigenvalue weighted by atomic mass is 35.5. The van der Waals surface area contributed by atoms with Crippen LogP contribution < -0.4 is 5.73 Å². The zero-order valence-electron chi connectivity index (χ0n) is 10.7. The lowest BCUT2D eigenvalue weighted by Crippen LogP contribution is -2.09. The number of hydrogen-bond donors (Lipinski definition) is 1. The average molecular weight is 340 g/mol. The highest BCUT2D eigenvalue weighted by Crippen LogP contribution is 2.40. The van der Waals surface area contributed by atoms with E-state index in [2.05, 4.69) is 0 Å². The molecule has 0 aliphatic heterocycles. The highest BCUT2D eigenvalue weighted by Gasteiger charge is 2.34. The van der Waals surface area contributed by atoms with E-state index in [9.17, 15) is 26.3 Å². The van der Waals surface area contributed by atoms with Gasteiger partial charge in [-0.3, -0.25) is 0 Å². The quantitative estimate of drug-likeness (QED) is 0.529. The minimum absolute atomic E-state index is 0.0280. The number of nitrogen functional groups attached to an aromatic ring is 1. The molecule has 2 N–H and O–H groups in total. The van der Waals surface area contributed by atoms with Crippen LogP contribution in [0.25, 0.3) is 11.1 Å².